The third kappa shape index (κ3) is 6.14. The van der Waals surface area contributed by atoms with Gasteiger partial charge in [0, 0.05) is 32.3 Å². The molecule has 3 N–H and O–H groups in total. The van der Waals surface area contributed by atoms with Gasteiger partial charge in [0.1, 0.15) is 0 Å². The van der Waals surface area contributed by atoms with Crippen molar-refractivity contribution >= 4 is 0 Å². The monoisotopic (exact) mass is 257 g/mol. The molecule has 1 unspecified atom stereocenters. The van der Waals surface area contributed by atoms with Gasteiger partial charge in [0.25, 0.3) is 0 Å². The van der Waals surface area contributed by atoms with Crippen molar-refractivity contribution in [3.05, 3.63) is 0 Å². The zero-order valence-electron chi connectivity index (χ0n) is 12.2. The molecule has 1 saturated carbocycles. The molecule has 0 bridgehead atoms. The van der Waals surface area contributed by atoms with Gasteiger partial charge < -0.3 is 20.7 Å². The van der Waals surface area contributed by atoms with Gasteiger partial charge in [-0.05, 0) is 39.3 Å². The Morgan fingerprint density at radius 2 is 2.11 bits per heavy atom. The van der Waals surface area contributed by atoms with E-state index in [0.29, 0.717) is 6.04 Å². The lowest BCUT2D eigenvalue weighted by molar-refractivity contribution is 0.157. The quantitative estimate of drug-likeness (QED) is 0.617. The summed E-state index contributed by atoms with van der Waals surface area (Å²) in [5.41, 5.74) is 5.56. The first-order valence-corrected chi connectivity index (χ1v) is 7.40. The fraction of sp³-hybridized carbons (Fsp3) is 1.00. The van der Waals surface area contributed by atoms with Crippen LogP contribution < -0.4 is 11.1 Å². The maximum absolute atomic E-state index is 5.56. The van der Waals surface area contributed by atoms with Gasteiger partial charge in [0.15, 0.2) is 0 Å². The summed E-state index contributed by atoms with van der Waals surface area (Å²) in [4.78, 5) is 2.51. The number of nitrogens with zero attached hydrogens (tertiary/aromatic N) is 1. The Bertz CT molecular complexity index is 195. The number of hydrogen-bond acceptors (Lipinski definition) is 4. The van der Waals surface area contributed by atoms with Crippen molar-refractivity contribution in [3.63, 3.8) is 0 Å². The molecule has 0 aliphatic heterocycles. The van der Waals surface area contributed by atoms with Crippen LogP contribution >= 0.6 is 0 Å². The van der Waals surface area contributed by atoms with Gasteiger partial charge in [0.05, 0.1) is 6.61 Å². The van der Waals surface area contributed by atoms with Crippen LogP contribution in [0.15, 0.2) is 0 Å². The van der Waals surface area contributed by atoms with E-state index in [2.05, 4.69) is 17.3 Å². The second-order valence-corrected chi connectivity index (χ2v) is 5.46. The van der Waals surface area contributed by atoms with Gasteiger partial charge >= 0.3 is 0 Å². The molecule has 1 aliphatic rings. The molecule has 0 aromatic carbocycles. The highest BCUT2D eigenvalue weighted by Crippen LogP contribution is 2.21. The first-order valence-electron chi connectivity index (χ1n) is 7.40. The van der Waals surface area contributed by atoms with E-state index in [4.69, 9.17) is 10.5 Å². The van der Waals surface area contributed by atoms with Crippen LogP contribution in [0.1, 0.15) is 38.5 Å². The number of rotatable bonds is 10. The predicted octanol–water partition coefficient (Wildman–Crippen LogP) is 1.20. The molecule has 0 heterocycles. The Hall–Kier alpha value is -0.160. The maximum Gasteiger partial charge on any atom is 0.0615 e. The third-order valence-corrected chi connectivity index (χ3v) is 3.97. The molecular weight excluding hydrogens is 226 g/mol. The van der Waals surface area contributed by atoms with Crippen LogP contribution in [-0.2, 0) is 4.74 Å². The molecule has 1 rings (SSSR count). The van der Waals surface area contributed by atoms with Crippen LogP contribution in [0.3, 0.4) is 0 Å². The molecule has 0 radical (unpaired) electrons. The van der Waals surface area contributed by atoms with E-state index < -0.39 is 0 Å². The molecule has 1 aliphatic carbocycles. The van der Waals surface area contributed by atoms with Gasteiger partial charge in [-0.1, -0.05) is 12.8 Å². The van der Waals surface area contributed by atoms with Crippen molar-refractivity contribution in [2.24, 2.45) is 5.73 Å². The number of nitrogens with two attached hydrogens (primary N) is 1. The standard InChI is InChI=1S/C14H31N3O/c1-17(14-7-3-4-8-14)11-10-16-13(12-18-2)6-5-9-15/h13-14,16H,3-12,15H2,1-2H3. The molecule has 0 spiro atoms. The summed E-state index contributed by atoms with van der Waals surface area (Å²) in [6, 6.07) is 1.27. The van der Waals surface area contributed by atoms with Crippen molar-refractivity contribution in [2.45, 2.75) is 50.6 Å². The topological polar surface area (TPSA) is 50.5 Å². The smallest absolute Gasteiger partial charge is 0.0615 e. The predicted molar refractivity (Wildman–Crippen MR) is 76.8 cm³/mol. The Labute approximate surface area is 112 Å². The van der Waals surface area contributed by atoms with Gasteiger partial charge in [0.2, 0.25) is 0 Å². The number of nitrogens with one attached hydrogen (secondary N) is 1. The Balaban J connectivity index is 2.12. The lowest BCUT2D eigenvalue weighted by Crippen LogP contribution is -2.41. The summed E-state index contributed by atoms with van der Waals surface area (Å²) in [6.07, 6.45) is 7.75. The summed E-state index contributed by atoms with van der Waals surface area (Å²) in [5.74, 6) is 0. The fourth-order valence-corrected chi connectivity index (χ4v) is 2.78. The second-order valence-electron chi connectivity index (χ2n) is 5.46. The SMILES string of the molecule is COCC(CCCN)NCCN(C)C1CCCC1. The third-order valence-electron chi connectivity index (χ3n) is 3.97. The summed E-state index contributed by atoms with van der Waals surface area (Å²) >= 11 is 0. The summed E-state index contributed by atoms with van der Waals surface area (Å²) in [7, 11) is 4.02. The van der Waals surface area contributed by atoms with E-state index in [1.807, 2.05) is 0 Å². The van der Waals surface area contributed by atoms with E-state index in [9.17, 15) is 0 Å². The highest BCUT2D eigenvalue weighted by molar-refractivity contribution is 4.76. The highest BCUT2D eigenvalue weighted by Gasteiger charge is 2.19. The molecule has 1 fully saturated rings. The normalized spacial score (nSPS) is 18.7. The van der Waals surface area contributed by atoms with E-state index >= 15 is 0 Å². The average molecular weight is 257 g/mol. The lowest BCUT2D eigenvalue weighted by atomic mass is 10.1. The van der Waals surface area contributed by atoms with Crippen molar-refractivity contribution in [2.75, 3.05) is 40.4 Å². The summed E-state index contributed by atoms with van der Waals surface area (Å²) in [5, 5.41) is 3.59. The minimum absolute atomic E-state index is 0.454. The Morgan fingerprint density at radius 1 is 1.39 bits per heavy atom. The van der Waals surface area contributed by atoms with Gasteiger partial charge in [-0.25, -0.2) is 0 Å². The molecule has 18 heavy (non-hydrogen) atoms. The zero-order chi connectivity index (χ0) is 13.2. The molecule has 0 amide bonds. The maximum atomic E-state index is 5.56. The molecular formula is C14H31N3O. The Morgan fingerprint density at radius 3 is 2.72 bits per heavy atom. The van der Waals surface area contributed by atoms with Crippen molar-refractivity contribution in [3.8, 4) is 0 Å². The van der Waals surface area contributed by atoms with Crippen LogP contribution in [-0.4, -0.2) is 57.4 Å². The molecule has 4 nitrogen and oxygen atoms in total. The summed E-state index contributed by atoms with van der Waals surface area (Å²) in [6.45, 7) is 3.73. The first kappa shape index (κ1) is 15.9. The minimum Gasteiger partial charge on any atom is -0.383 e. The number of methoxy groups -OCH3 is 1. The van der Waals surface area contributed by atoms with Crippen LogP contribution in [0.4, 0.5) is 0 Å². The zero-order valence-corrected chi connectivity index (χ0v) is 12.2. The van der Waals surface area contributed by atoms with Crippen LogP contribution in [0.25, 0.3) is 0 Å². The average Bonchev–Trinajstić information content (AvgIpc) is 2.89. The summed E-state index contributed by atoms with van der Waals surface area (Å²) < 4.78 is 5.24. The number of hydrogen-bond donors (Lipinski definition) is 2. The second kappa shape index (κ2) is 9.73. The molecule has 108 valence electrons. The molecule has 0 aromatic heterocycles. The van der Waals surface area contributed by atoms with Gasteiger partial charge in [-0.3, -0.25) is 0 Å². The van der Waals surface area contributed by atoms with Gasteiger partial charge in [-0.2, -0.15) is 0 Å². The molecule has 0 aromatic rings. The van der Waals surface area contributed by atoms with E-state index in [0.717, 1.165) is 45.1 Å². The number of likely N-dealkylation sites (N-methyl/N-ethyl adjacent to an activating group) is 1. The molecule has 4 heteroatoms. The van der Waals surface area contributed by atoms with Crippen molar-refractivity contribution in [1.82, 2.24) is 10.2 Å². The van der Waals surface area contributed by atoms with Crippen LogP contribution in [0.5, 0.6) is 0 Å². The fourth-order valence-electron chi connectivity index (χ4n) is 2.78. The first-order chi connectivity index (χ1) is 8.77. The van der Waals surface area contributed by atoms with E-state index in [1.165, 1.54) is 25.7 Å². The van der Waals surface area contributed by atoms with Gasteiger partial charge in [-0.15, -0.1) is 0 Å². The minimum atomic E-state index is 0.454. The van der Waals surface area contributed by atoms with Crippen LogP contribution in [0.2, 0.25) is 0 Å². The largest absolute Gasteiger partial charge is 0.383 e. The van der Waals surface area contributed by atoms with E-state index in [-0.39, 0.29) is 0 Å². The van der Waals surface area contributed by atoms with E-state index in [1.54, 1.807) is 7.11 Å². The van der Waals surface area contributed by atoms with Crippen LogP contribution in [0, 0.1) is 0 Å². The highest BCUT2D eigenvalue weighted by atomic mass is 16.5. The molecule has 0 saturated heterocycles. The Kier molecular flexibility index (Phi) is 8.59. The van der Waals surface area contributed by atoms with Crippen molar-refractivity contribution in [1.29, 1.82) is 0 Å². The van der Waals surface area contributed by atoms with Crippen molar-refractivity contribution < 1.29 is 4.74 Å². The molecule has 1 atom stereocenters. The number of ether oxygens (including phenoxy) is 1. The lowest BCUT2D eigenvalue weighted by Gasteiger charge is -2.25.